The summed E-state index contributed by atoms with van der Waals surface area (Å²) in [7, 11) is 0. The molecule has 0 saturated carbocycles. The van der Waals surface area contributed by atoms with Crippen LogP contribution in [-0.2, 0) is 16.1 Å². The lowest BCUT2D eigenvalue weighted by Gasteiger charge is -2.08. The van der Waals surface area contributed by atoms with E-state index in [1.54, 1.807) is 11.3 Å². The van der Waals surface area contributed by atoms with E-state index < -0.39 is 0 Å². The summed E-state index contributed by atoms with van der Waals surface area (Å²) in [6.07, 6.45) is 2.21. The van der Waals surface area contributed by atoms with Gasteiger partial charge in [-0.05, 0) is 17.9 Å². The minimum atomic E-state index is -0.380. The zero-order chi connectivity index (χ0) is 17.4. The van der Waals surface area contributed by atoms with E-state index >= 15 is 0 Å². The summed E-state index contributed by atoms with van der Waals surface area (Å²) in [5.41, 5.74) is 5.26. The number of nitrogens with one attached hydrogen (secondary N) is 1. The van der Waals surface area contributed by atoms with Crippen LogP contribution in [0.2, 0.25) is 0 Å². The Morgan fingerprint density at radius 3 is 2.92 bits per heavy atom. The molecule has 2 aromatic rings. The van der Waals surface area contributed by atoms with E-state index in [1.807, 2.05) is 22.1 Å². The van der Waals surface area contributed by atoms with Gasteiger partial charge in [0.15, 0.2) is 11.0 Å². The monoisotopic (exact) mass is 367 g/mol. The highest BCUT2D eigenvalue weighted by atomic mass is 32.2. The summed E-state index contributed by atoms with van der Waals surface area (Å²) >= 11 is 2.86. The van der Waals surface area contributed by atoms with Crippen molar-refractivity contribution in [1.82, 2.24) is 20.1 Å². The van der Waals surface area contributed by atoms with E-state index in [4.69, 9.17) is 5.73 Å². The lowest BCUT2D eigenvalue weighted by atomic mass is 10.3. The van der Waals surface area contributed by atoms with Crippen molar-refractivity contribution in [3.05, 3.63) is 17.5 Å². The van der Waals surface area contributed by atoms with Gasteiger partial charge in [-0.3, -0.25) is 9.59 Å². The normalized spacial score (nSPS) is 10.7. The summed E-state index contributed by atoms with van der Waals surface area (Å²) in [6, 6.07) is 3.88. The molecule has 0 atom stereocenters. The van der Waals surface area contributed by atoms with Crippen molar-refractivity contribution in [2.24, 2.45) is 5.73 Å². The SMILES string of the molecule is CCCCNC(=O)CSc1nnc(-c2cccs2)n1CCC(N)=O. The highest BCUT2D eigenvalue weighted by Gasteiger charge is 2.16. The fourth-order valence-corrected chi connectivity index (χ4v) is 3.50. The maximum atomic E-state index is 11.8. The largest absolute Gasteiger partial charge is 0.370 e. The first kappa shape index (κ1) is 18.5. The molecule has 7 nitrogen and oxygen atoms in total. The Bertz CT molecular complexity index is 669. The van der Waals surface area contributed by atoms with Crippen molar-refractivity contribution < 1.29 is 9.59 Å². The summed E-state index contributed by atoms with van der Waals surface area (Å²) in [5.74, 6) is 0.549. The van der Waals surface area contributed by atoms with Crippen LogP contribution in [0.3, 0.4) is 0 Å². The molecule has 2 amide bonds. The van der Waals surface area contributed by atoms with E-state index in [9.17, 15) is 9.59 Å². The molecule has 2 aromatic heterocycles. The van der Waals surface area contributed by atoms with Crippen molar-refractivity contribution in [1.29, 1.82) is 0 Å². The maximum absolute atomic E-state index is 11.8. The molecule has 9 heteroatoms. The molecule has 0 unspecified atom stereocenters. The Morgan fingerprint density at radius 2 is 2.25 bits per heavy atom. The molecule has 24 heavy (non-hydrogen) atoms. The minimum Gasteiger partial charge on any atom is -0.370 e. The van der Waals surface area contributed by atoms with Gasteiger partial charge in [0.2, 0.25) is 11.8 Å². The number of nitrogens with two attached hydrogens (primary N) is 1. The van der Waals surface area contributed by atoms with Crippen LogP contribution in [0, 0.1) is 0 Å². The lowest BCUT2D eigenvalue weighted by molar-refractivity contribution is -0.119. The van der Waals surface area contributed by atoms with Crippen LogP contribution >= 0.6 is 23.1 Å². The van der Waals surface area contributed by atoms with E-state index in [1.165, 1.54) is 11.8 Å². The lowest BCUT2D eigenvalue weighted by Crippen LogP contribution is -2.26. The predicted octanol–water partition coefficient (Wildman–Crippen LogP) is 1.89. The third-order valence-electron chi connectivity index (χ3n) is 3.23. The van der Waals surface area contributed by atoms with Gasteiger partial charge in [0.05, 0.1) is 10.6 Å². The summed E-state index contributed by atoms with van der Waals surface area (Å²) in [6.45, 7) is 3.16. The summed E-state index contributed by atoms with van der Waals surface area (Å²) in [5, 5.41) is 13.8. The molecule has 2 heterocycles. The number of amides is 2. The van der Waals surface area contributed by atoms with E-state index in [-0.39, 0.29) is 24.0 Å². The fraction of sp³-hybridized carbons (Fsp3) is 0.467. The van der Waals surface area contributed by atoms with E-state index in [2.05, 4.69) is 22.4 Å². The second kappa shape index (κ2) is 9.43. The van der Waals surface area contributed by atoms with Gasteiger partial charge in [0.1, 0.15) is 0 Å². The highest BCUT2D eigenvalue weighted by molar-refractivity contribution is 7.99. The average Bonchev–Trinajstić information content (AvgIpc) is 3.20. The van der Waals surface area contributed by atoms with Crippen molar-refractivity contribution in [2.75, 3.05) is 12.3 Å². The third kappa shape index (κ3) is 5.34. The molecule has 3 N–H and O–H groups in total. The standard InChI is InChI=1S/C15H21N5O2S2/c1-2-3-7-17-13(22)10-24-15-19-18-14(11-5-4-9-23-11)20(15)8-6-12(16)21/h4-5,9H,2-3,6-8,10H2,1H3,(H2,16,21)(H,17,22). The zero-order valence-corrected chi connectivity index (χ0v) is 15.2. The van der Waals surface area contributed by atoms with E-state index in [0.717, 1.165) is 17.7 Å². The molecular formula is C15H21N5O2S2. The number of hydrogen-bond acceptors (Lipinski definition) is 6. The minimum absolute atomic E-state index is 0.0319. The highest BCUT2D eigenvalue weighted by Crippen LogP contribution is 2.27. The molecule has 0 saturated heterocycles. The van der Waals surface area contributed by atoms with Crippen LogP contribution < -0.4 is 11.1 Å². The number of nitrogens with zero attached hydrogens (tertiary/aromatic N) is 3. The Labute approximate surface area is 149 Å². The van der Waals surface area contributed by atoms with Gasteiger partial charge in [-0.1, -0.05) is 31.2 Å². The van der Waals surface area contributed by atoms with Gasteiger partial charge >= 0.3 is 0 Å². The number of thioether (sulfide) groups is 1. The Kier molecular flexibility index (Phi) is 7.26. The number of primary amides is 1. The first-order valence-electron chi connectivity index (χ1n) is 7.76. The number of aromatic nitrogens is 3. The topological polar surface area (TPSA) is 103 Å². The van der Waals surface area contributed by atoms with Gasteiger partial charge in [-0.25, -0.2) is 0 Å². The van der Waals surface area contributed by atoms with Gasteiger partial charge < -0.3 is 15.6 Å². The van der Waals surface area contributed by atoms with Gasteiger partial charge in [-0.2, -0.15) is 0 Å². The van der Waals surface area contributed by atoms with Crippen LogP contribution in [0.5, 0.6) is 0 Å². The Hall–Kier alpha value is -1.87. The number of hydrogen-bond donors (Lipinski definition) is 2. The molecular weight excluding hydrogens is 346 g/mol. The number of rotatable bonds is 10. The van der Waals surface area contributed by atoms with Crippen molar-refractivity contribution in [3.63, 3.8) is 0 Å². The molecule has 0 aromatic carbocycles. The average molecular weight is 368 g/mol. The fourth-order valence-electron chi connectivity index (χ4n) is 1.99. The van der Waals surface area contributed by atoms with Crippen LogP contribution in [0.25, 0.3) is 10.7 Å². The second-order valence-electron chi connectivity index (χ2n) is 5.14. The maximum Gasteiger partial charge on any atom is 0.230 e. The molecule has 130 valence electrons. The van der Waals surface area contributed by atoms with Gasteiger partial charge in [0, 0.05) is 19.5 Å². The Balaban J connectivity index is 2.05. The summed E-state index contributed by atoms with van der Waals surface area (Å²) < 4.78 is 1.85. The first-order valence-corrected chi connectivity index (χ1v) is 9.63. The van der Waals surface area contributed by atoms with Crippen LogP contribution in [0.4, 0.5) is 0 Å². The van der Waals surface area contributed by atoms with Crippen molar-refractivity contribution >= 4 is 34.9 Å². The number of carbonyl (C=O) groups excluding carboxylic acids is 2. The van der Waals surface area contributed by atoms with Crippen molar-refractivity contribution in [2.45, 2.75) is 37.9 Å². The van der Waals surface area contributed by atoms with Crippen LogP contribution in [0.15, 0.2) is 22.7 Å². The number of thiophene rings is 1. The summed E-state index contributed by atoms with van der Waals surface area (Å²) in [4.78, 5) is 23.9. The quantitative estimate of drug-likeness (QED) is 0.493. The van der Waals surface area contributed by atoms with Crippen molar-refractivity contribution in [3.8, 4) is 10.7 Å². The third-order valence-corrected chi connectivity index (χ3v) is 5.06. The second-order valence-corrected chi connectivity index (χ2v) is 7.03. The van der Waals surface area contributed by atoms with Crippen LogP contribution in [0.1, 0.15) is 26.2 Å². The van der Waals surface area contributed by atoms with E-state index in [0.29, 0.717) is 24.1 Å². The molecule has 0 aliphatic rings. The van der Waals surface area contributed by atoms with Gasteiger partial charge in [0.25, 0.3) is 0 Å². The molecule has 0 fully saturated rings. The first-order chi connectivity index (χ1) is 11.6. The molecule has 0 radical (unpaired) electrons. The molecule has 0 spiro atoms. The molecule has 0 bridgehead atoms. The smallest absolute Gasteiger partial charge is 0.230 e. The zero-order valence-electron chi connectivity index (χ0n) is 13.5. The molecule has 2 rings (SSSR count). The Morgan fingerprint density at radius 1 is 1.42 bits per heavy atom. The number of carbonyl (C=O) groups is 2. The predicted molar refractivity (Wildman–Crippen MR) is 95.8 cm³/mol. The van der Waals surface area contributed by atoms with Crippen LogP contribution in [-0.4, -0.2) is 38.9 Å². The van der Waals surface area contributed by atoms with Gasteiger partial charge in [-0.15, -0.1) is 21.5 Å². The molecule has 0 aliphatic carbocycles. The molecule has 0 aliphatic heterocycles. The number of unbranched alkanes of at least 4 members (excludes halogenated alkanes) is 1.